The zero-order valence-electron chi connectivity index (χ0n) is 17.7. The normalized spacial score (nSPS) is 13.5. The number of hydrogen-bond acceptors (Lipinski definition) is 3. The van der Waals surface area contributed by atoms with Gasteiger partial charge in [0.2, 0.25) is 0 Å². The predicted molar refractivity (Wildman–Crippen MR) is 114 cm³/mol. The van der Waals surface area contributed by atoms with Gasteiger partial charge in [-0.1, -0.05) is 12.1 Å². The number of fused-ring (bicyclic) bond motifs is 1. The van der Waals surface area contributed by atoms with Gasteiger partial charge in [-0.15, -0.1) is 0 Å². The molecule has 5 nitrogen and oxygen atoms in total. The summed E-state index contributed by atoms with van der Waals surface area (Å²) in [4.78, 5) is 11.5. The van der Waals surface area contributed by atoms with Crippen molar-refractivity contribution >= 4 is 16.8 Å². The number of nitrogens with one attached hydrogen (secondary N) is 1. The average molecular weight is 475 g/mol. The fraction of sp³-hybridized carbons (Fsp3) is 0.167. The van der Waals surface area contributed by atoms with Gasteiger partial charge < -0.3 is 10.1 Å². The van der Waals surface area contributed by atoms with Crippen molar-refractivity contribution in [1.29, 1.82) is 0 Å². The molecule has 34 heavy (non-hydrogen) atoms. The number of ether oxygens (including phenoxy) is 1. The van der Waals surface area contributed by atoms with Crippen molar-refractivity contribution in [3.05, 3.63) is 90.1 Å². The Labute approximate surface area is 190 Å². The van der Waals surface area contributed by atoms with E-state index < -0.39 is 30.0 Å². The Morgan fingerprint density at radius 3 is 2.41 bits per heavy atom. The van der Waals surface area contributed by atoms with Crippen LogP contribution in [0.3, 0.4) is 0 Å². The molecule has 0 unspecified atom stereocenters. The minimum atomic E-state index is -5.07. The number of carbonyl (C=O) groups is 1. The third-order valence-corrected chi connectivity index (χ3v) is 5.12. The Bertz CT molecular complexity index is 1320. The van der Waals surface area contributed by atoms with Crippen LogP contribution in [0.1, 0.15) is 18.6 Å². The summed E-state index contributed by atoms with van der Waals surface area (Å²) in [5.74, 6) is -2.84. The zero-order chi connectivity index (χ0) is 24.5. The van der Waals surface area contributed by atoms with Gasteiger partial charge in [0, 0.05) is 5.39 Å². The van der Waals surface area contributed by atoms with E-state index in [9.17, 15) is 26.7 Å². The lowest BCUT2D eigenvalue weighted by Gasteiger charge is -2.27. The van der Waals surface area contributed by atoms with E-state index in [4.69, 9.17) is 4.74 Å². The maximum absolute atomic E-state index is 13.8. The molecule has 2 atom stereocenters. The number of hydrogen-bond donors (Lipinski definition) is 1. The highest BCUT2D eigenvalue weighted by atomic mass is 19.4. The Morgan fingerprint density at radius 2 is 1.74 bits per heavy atom. The molecule has 0 saturated heterocycles. The number of halogens is 5. The standard InChI is InChI=1S/C24H18F5N3O2/c1-14(31-23(33)24(27,28)29)22(15-3-2-4-18(26)11-15)34-20-9-10-21-16(12-20)13-30-32(21)19-7-5-17(25)6-8-19/h2-14,22H,1H3,(H,31,33)/t14-,22-/m0/s1. The van der Waals surface area contributed by atoms with Crippen LogP contribution in [0.4, 0.5) is 22.0 Å². The van der Waals surface area contributed by atoms with E-state index in [1.165, 1.54) is 37.3 Å². The van der Waals surface area contributed by atoms with E-state index in [-0.39, 0.29) is 17.1 Å². The number of amides is 1. The number of nitrogens with zero attached hydrogens (tertiary/aromatic N) is 2. The Hall–Kier alpha value is -3.95. The van der Waals surface area contributed by atoms with E-state index in [0.29, 0.717) is 16.6 Å². The molecule has 10 heteroatoms. The largest absolute Gasteiger partial charge is 0.484 e. The van der Waals surface area contributed by atoms with E-state index in [1.807, 2.05) is 5.32 Å². The van der Waals surface area contributed by atoms with Crippen LogP contribution in [-0.2, 0) is 4.79 Å². The first kappa shape index (κ1) is 23.2. The van der Waals surface area contributed by atoms with Crippen LogP contribution in [0.5, 0.6) is 5.75 Å². The Balaban J connectivity index is 1.64. The van der Waals surface area contributed by atoms with E-state index >= 15 is 0 Å². The molecule has 1 amide bonds. The smallest absolute Gasteiger partial charge is 0.471 e. The summed E-state index contributed by atoms with van der Waals surface area (Å²) >= 11 is 0. The topological polar surface area (TPSA) is 56.1 Å². The molecule has 1 heterocycles. The Kier molecular flexibility index (Phi) is 6.23. The van der Waals surface area contributed by atoms with Crippen LogP contribution in [-0.4, -0.2) is 27.9 Å². The van der Waals surface area contributed by atoms with Crippen molar-refractivity contribution in [2.24, 2.45) is 0 Å². The first-order valence-corrected chi connectivity index (χ1v) is 10.2. The summed E-state index contributed by atoms with van der Waals surface area (Å²) in [5, 5.41) is 6.81. The fourth-order valence-electron chi connectivity index (χ4n) is 3.53. The number of alkyl halides is 3. The van der Waals surface area contributed by atoms with Crippen LogP contribution >= 0.6 is 0 Å². The van der Waals surface area contributed by atoms with Crippen molar-refractivity contribution in [1.82, 2.24) is 15.1 Å². The van der Waals surface area contributed by atoms with E-state index in [0.717, 1.165) is 6.07 Å². The van der Waals surface area contributed by atoms with Crippen molar-refractivity contribution in [2.75, 3.05) is 0 Å². The van der Waals surface area contributed by atoms with E-state index in [1.54, 1.807) is 41.2 Å². The zero-order valence-corrected chi connectivity index (χ0v) is 17.7. The monoisotopic (exact) mass is 475 g/mol. The summed E-state index contributed by atoms with van der Waals surface area (Å²) in [6, 6.07) is 14.7. The van der Waals surface area contributed by atoms with Crippen molar-refractivity contribution < 1.29 is 31.5 Å². The number of aromatic nitrogens is 2. The summed E-state index contributed by atoms with van der Waals surface area (Å²) < 4.78 is 72.9. The number of benzene rings is 3. The van der Waals surface area contributed by atoms with E-state index in [2.05, 4.69) is 5.10 Å². The second-order valence-electron chi connectivity index (χ2n) is 7.61. The van der Waals surface area contributed by atoms with Gasteiger partial charge in [-0.2, -0.15) is 18.3 Å². The highest BCUT2D eigenvalue weighted by Crippen LogP contribution is 2.30. The van der Waals surface area contributed by atoms with Gasteiger partial charge >= 0.3 is 12.1 Å². The lowest BCUT2D eigenvalue weighted by Crippen LogP contribution is -2.45. The molecule has 3 aromatic carbocycles. The summed E-state index contributed by atoms with van der Waals surface area (Å²) in [6.45, 7) is 1.34. The molecule has 0 fully saturated rings. The molecule has 1 N–H and O–H groups in total. The van der Waals surface area contributed by atoms with Crippen LogP contribution in [0.25, 0.3) is 16.6 Å². The van der Waals surface area contributed by atoms with Gasteiger partial charge in [-0.25, -0.2) is 13.5 Å². The molecule has 0 bridgehead atoms. The number of rotatable bonds is 6. The lowest BCUT2D eigenvalue weighted by atomic mass is 10.0. The maximum Gasteiger partial charge on any atom is 0.471 e. The van der Waals surface area contributed by atoms with Gasteiger partial charge in [0.1, 0.15) is 23.5 Å². The second-order valence-corrected chi connectivity index (χ2v) is 7.61. The molecular weight excluding hydrogens is 457 g/mol. The SMILES string of the molecule is C[C@H](NC(=O)C(F)(F)F)[C@H](Oc1ccc2c(cnn2-c2ccc(F)cc2)c1)c1cccc(F)c1. The molecule has 0 saturated carbocycles. The molecule has 4 aromatic rings. The minimum absolute atomic E-state index is 0.247. The first-order chi connectivity index (χ1) is 16.1. The van der Waals surface area contributed by atoms with Gasteiger partial charge in [-0.3, -0.25) is 4.79 Å². The molecule has 176 valence electrons. The van der Waals surface area contributed by atoms with Crippen LogP contribution in [0.15, 0.2) is 72.9 Å². The maximum atomic E-state index is 13.8. The molecule has 0 spiro atoms. The third-order valence-electron chi connectivity index (χ3n) is 5.12. The molecule has 1 aromatic heterocycles. The highest BCUT2D eigenvalue weighted by molar-refractivity contribution is 5.82. The fourth-order valence-corrected chi connectivity index (χ4v) is 3.53. The average Bonchev–Trinajstić information content (AvgIpc) is 3.20. The van der Waals surface area contributed by atoms with Gasteiger partial charge in [-0.05, 0) is 67.1 Å². The van der Waals surface area contributed by atoms with Crippen molar-refractivity contribution in [3.8, 4) is 11.4 Å². The molecule has 0 radical (unpaired) electrons. The molecule has 4 rings (SSSR count). The Morgan fingerprint density at radius 1 is 1.00 bits per heavy atom. The number of carbonyl (C=O) groups excluding carboxylic acids is 1. The van der Waals surface area contributed by atoms with Crippen LogP contribution < -0.4 is 10.1 Å². The molecular formula is C24H18F5N3O2. The molecule has 0 aliphatic carbocycles. The summed E-state index contributed by atoms with van der Waals surface area (Å²) in [5.41, 5.74) is 1.56. The minimum Gasteiger partial charge on any atom is -0.484 e. The van der Waals surface area contributed by atoms with Gasteiger partial charge in [0.25, 0.3) is 0 Å². The molecule has 0 aliphatic rings. The summed E-state index contributed by atoms with van der Waals surface area (Å²) in [6.07, 6.45) is -4.64. The quantitative estimate of drug-likeness (QED) is 0.375. The van der Waals surface area contributed by atoms with Crippen LogP contribution in [0, 0.1) is 11.6 Å². The second kappa shape index (κ2) is 9.12. The van der Waals surface area contributed by atoms with Crippen molar-refractivity contribution in [2.45, 2.75) is 25.2 Å². The lowest BCUT2D eigenvalue weighted by molar-refractivity contribution is -0.174. The third kappa shape index (κ3) is 5.00. The first-order valence-electron chi connectivity index (χ1n) is 10.2. The van der Waals surface area contributed by atoms with Crippen LogP contribution in [0.2, 0.25) is 0 Å². The van der Waals surface area contributed by atoms with Gasteiger partial charge in [0.15, 0.2) is 0 Å². The van der Waals surface area contributed by atoms with Gasteiger partial charge in [0.05, 0.1) is 23.4 Å². The highest BCUT2D eigenvalue weighted by Gasteiger charge is 2.40. The summed E-state index contributed by atoms with van der Waals surface area (Å²) in [7, 11) is 0. The molecule has 0 aliphatic heterocycles. The predicted octanol–water partition coefficient (Wildman–Crippen LogP) is 5.49. The van der Waals surface area contributed by atoms with Crippen molar-refractivity contribution in [3.63, 3.8) is 0 Å².